The maximum atomic E-state index is 11.3. The summed E-state index contributed by atoms with van der Waals surface area (Å²) in [5.41, 5.74) is 5.37. The average molecular weight is 334 g/mol. The van der Waals surface area contributed by atoms with Crippen LogP contribution in [0.5, 0.6) is 0 Å². The fourth-order valence-corrected chi connectivity index (χ4v) is 2.82. The average Bonchev–Trinajstić information content (AvgIpc) is 3.25. The van der Waals surface area contributed by atoms with Gasteiger partial charge in [-0.05, 0) is 30.7 Å². The minimum atomic E-state index is -0.432. The molecule has 0 fully saturated rings. The molecule has 2 heterocycles. The Morgan fingerprint density at radius 1 is 1.16 bits per heavy atom. The highest BCUT2D eigenvalue weighted by atomic mass is 16.4. The van der Waals surface area contributed by atoms with Crippen molar-refractivity contribution in [2.24, 2.45) is 0 Å². The lowest BCUT2D eigenvalue weighted by atomic mass is 10.1. The van der Waals surface area contributed by atoms with Gasteiger partial charge in [-0.25, -0.2) is 4.79 Å². The summed E-state index contributed by atoms with van der Waals surface area (Å²) in [4.78, 5) is 13.9. The third kappa shape index (κ3) is 3.25. The van der Waals surface area contributed by atoms with Crippen LogP contribution in [0, 0.1) is 0 Å². The number of benzene rings is 2. The SMILES string of the molecule is CC(NCc1cc(-c2ccccc2)n[nH]1)c1ccc2[nH]c(=O)oc2c1. The topological polar surface area (TPSA) is 86.7 Å². The van der Waals surface area contributed by atoms with E-state index in [-0.39, 0.29) is 6.04 Å². The van der Waals surface area contributed by atoms with E-state index in [9.17, 15) is 4.79 Å². The lowest BCUT2D eigenvalue weighted by molar-refractivity contribution is 0.549. The van der Waals surface area contributed by atoms with E-state index in [2.05, 4.69) is 27.4 Å². The zero-order valence-electron chi connectivity index (χ0n) is 13.7. The quantitative estimate of drug-likeness (QED) is 0.522. The first-order chi connectivity index (χ1) is 12.2. The van der Waals surface area contributed by atoms with E-state index in [0.717, 1.165) is 22.5 Å². The smallest absolute Gasteiger partial charge is 0.408 e. The van der Waals surface area contributed by atoms with Crippen LogP contribution < -0.4 is 11.1 Å². The van der Waals surface area contributed by atoms with Crippen molar-refractivity contribution in [3.05, 3.63) is 76.4 Å². The number of nitrogens with one attached hydrogen (secondary N) is 3. The summed E-state index contributed by atoms with van der Waals surface area (Å²) in [6.07, 6.45) is 0. The van der Waals surface area contributed by atoms with Crippen LogP contribution in [-0.2, 0) is 6.54 Å². The summed E-state index contributed by atoms with van der Waals surface area (Å²) in [6, 6.07) is 17.9. The Morgan fingerprint density at radius 3 is 2.84 bits per heavy atom. The second-order valence-corrected chi connectivity index (χ2v) is 6.02. The van der Waals surface area contributed by atoms with Gasteiger partial charge in [-0.1, -0.05) is 36.4 Å². The van der Waals surface area contributed by atoms with Gasteiger partial charge in [0, 0.05) is 23.8 Å². The molecule has 4 aromatic rings. The molecule has 6 nitrogen and oxygen atoms in total. The van der Waals surface area contributed by atoms with Gasteiger partial charge in [0.2, 0.25) is 0 Å². The zero-order chi connectivity index (χ0) is 17.2. The van der Waals surface area contributed by atoms with Crippen molar-refractivity contribution < 1.29 is 4.42 Å². The Balaban J connectivity index is 1.45. The van der Waals surface area contributed by atoms with Crippen molar-refractivity contribution in [1.29, 1.82) is 0 Å². The Labute approximate surface area is 143 Å². The molecule has 0 aliphatic carbocycles. The van der Waals surface area contributed by atoms with E-state index in [0.29, 0.717) is 17.6 Å². The summed E-state index contributed by atoms with van der Waals surface area (Å²) in [5.74, 6) is -0.432. The first kappa shape index (κ1) is 15.4. The van der Waals surface area contributed by atoms with Crippen LogP contribution in [0.1, 0.15) is 24.2 Å². The third-order valence-electron chi connectivity index (χ3n) is 4.24. The Kier molecular flexibility index (Phi) is 3.95. The van der Waals surface area contributed by atoms with E-state index < -0.39 is 5.76 Å². The lowest BCUT2D eigenvalue weighted by Gasteiger charge is -2.13. The fraction of sp³-hybridized carbons (Fsp3) is 0.158. The number of nitrogens with zero attached hydrogens (tertiary/aromatic N) is 1. The van der Waals surface area contributed by atoms with Crippen molar-refractivity contribution in [3.63, 3.8) is 0 Å². The highest BCUT2D eigenvalue weighted by Gasteiger charge is 2.10. The summed E-state index contributed by atoms with van der Waals surface area (Å²) in [7, 11) is 0. The summed E-state index contributed by atoms with van der Waals surface area (Å²) >= 11 is 0. The molecule has 2 aromatic heterocycles. The first-order valence-electron chi connectivity index (χ1n) is 8.15. The van der Waals surface area contributed by atoms with E-state index in [4.69, 9.17) is 4.42 Å². The second-order valence-electron chi connectivity index (χ2n) is 6.02. The number of rotatable bonds is 5. The first-order valence-corrected chi connectivity index (χ1v) is 8.15. The van der Waals surface area contributed by atoms with Crippen LogP contribution in [0.2, 0.25) is 0 Å². The third-order valence-corrected chi connectivity index (χ3v) is 4.24. The van der Waals surface area contributed by atoms with Gasteiger partial charge < -0.3 is 9.73 Å². The van der Waals surface area contributed by atoms with Crippen LogP contribution in [0.15, 0.2) is 63.8 Å². The Bertz CT molecular complexity index is 1050. The fourth-order valence-electron chi connectivity index (χ4n) is 2.82. The number of H-pyrrole nitrogens is 2. The summed E-state index contributed by atoms with van der Waals surface area (Å²) < 4.78 is 5.12. The molecule has 1 unspecified atom stereocenters. The molecule has 0 radical (unpaired) electrons. The Morgan fingerprint density at radius 2 is 2.00 bits per heavy atom. The van der Waals surface area contributed by atoms with E-state index in [1.54, 1.807) is 0 Å². The van der Waals surface area contributed by atoms with Crippen LogP contribution in [0.4, 0.5) is 0 Å². The number of hydrogen-bond acceptors (Lipinski definition) is 4. The molecular weight excluding hydrogens is 316 g/mol. The number of fused-ring (bicyclic) bond motifs is 1. The second kappa shape index (κ2) is 6.41. The molecule has 0 saturated carbocycles. The molecule has 0 spiro atoms. The molecule has 0 bridgehead atoms. The molecule has 0 aliphatic heterocycles. The van der Waals surface area contributed by atoms with Crippen LogP contribution in [-0.4, -0.2) is 15.2 Å². The van der Waals surface area contributed by atoms with Crippen molar-refractivity contribution >= 4 is 11.1 Å². The van der Waals surface area contributed by atoms with Crippen LogP contribution in [0.3, 0.4) is 0 Å². The highest BCUT2D eigenvalue weighted by molar-refractivity contribution is 5.72. The molecule has 25 heavy (non-hydrogen) atoms. The molecule has 0 saturated heterocycles. The van der Waals surface area contributed by atoms with Gasteiger partial charge in [0.1, 0.15) is 0 Å². The van der Waals surface area contributed by atoms with E-state index in [1.807, 2.05) is 54.6 Å². The van der Waals surface area contributed by atoms with Crippen LogP contribution >= 0.6 is 0 Å². The molecule has 4 rings (SSSR count). The highest BCUT2D eigenvalue weighted by Crippen LogP contribution is 2.20. The standard InChI is InChI=1S/C19H18N4O2/c1-12(14-7-8-16-18(9-14)25-19(24)21-16)20-11-15-10-17(23-22-15)13-5-3-2-4-6-13/h2-10,12,20H,11H2,1H3,(H,21,24)(H,22,23). The molecular formula is C19H18N4O2. The predicted molar refractivity (Wildman–Crippen MR) is 96.1 cm³/mol. The van der Waals surface area contributed by atoms with E-state index >= 15 is 0 Å². The van der Waals surface area contributed by atoms with Gasteiger partial charge in [-0.15, -0.1) is 0 Å². The normalized spacial score (nSPS) is 12.5. The van der Waals surface area contributed by atoms with Gasteiger partial charge in [-0.2, -0.15) is 5.10 Å². The predicted octanol–water partition coefficient (Wildman–Crippen LogP) is 3.36. The summed E-state index contributed by atoms with van der Waals surface area (Å²) in [5, 5.41) is 10.9. The maximum Gasteiger partial charge on any atom is 0.417 e. The van der Waals surface area contributed by atoms with Crippen molar-refractivity contribution in [2.45, 2.75) is 19.5 Å². The van der Waals surface area contributed by atoms with Crippen molar-refractivity contribution in [3.8, 4) is 11.3 Å². The van der Waals surface area contributed by atoms with Gasteiger partial charge in [0.05, 0.1) is 11.2 Å². The number of aromatic amines is 2. The van der Waals surface area contributed by atoms with Crippen molar-refractivity contribution in [1.82, 2.24) is 20.5 Å². The van der Waals surface area contributed by atoms with E-state index in [1.165, 1.54) is 0 Å². The van der Waals surface area contributed by atoms with Crippen LogP contribution in [0.25, 0.3) is 22.4 Å². The monoisotopic (exact) mass is 334 g/mol. The lowest BCUT2D eigenvalue weighted by Crippen LogP contribution is -2.18. The van der Waals surface area contributed by atoms with Gasteiger partial charge >= 0.3 is 5.76 Å². The molecule has 126 valence electrons. The number of oxazole rings is 1. The van der Waals surface area contributed by atoms with Gasteiger partial charge in [-0.3, -0.25) is 10.1 Å². The molecule has 0 aliphatic rings. The van der Waals surface area contributed by atoms with Crippen molar-refractivity contribution in [2.75, 3.05) is 0 Å². The number of aromatic nitrogens is 3. The zero-order valence-corrected chi connectivity index (χ0v) is 13.7. The number of hydrogen-bond donors (Lipinski definition) is 3. The summed E-state index contributed by atoms with van der Waals surface area (Å²) in [6.45, 7) is 2.73. The molecule has 6 heteroatoms. The van der Waals surface area contributed by atoms with Gasteiger partial charge in [0.25, 0.3) is 0 Å². The largest absolute Gasteiger partial charge is 0.417 e. The molecule has 1 atom stereocenters. The minimum absolute atomic E-state index is 0.105. The molecule has 2 aromatic carbocycles. The molecule has 0 amide bonds. The minimum Gasteiger partial charge on any atom is -0.408 e. The Hall–Kier alpha value is -3.12. The molecule has 3 N–H and O–H groups in total. The van der Waals surface area contributed by atoms with Gasteiger partial charge in [0.15, 0.2) is 5.58 Å². The maximum absolute atomic E-state index is 11.3.